The number of benzene rings is 1. The molecule has 0 saturated carbocycles. The van der Waals surface area contributed by atoms with Gasteiger partial charge >= 0.3 is 0 Å². The van der Waals surface area contributed by atoms with E-state index in [1.165, 1.54) is 6.08 Å². The molecule has 0 aliphatic rings. The average Bonchev–Trinajstić information content (AvgIpc) is 2.28. The minimum absolute atomic E-state index is 0.0809. The second kappa shape index (κ2) is 6.30. The number of amides is 1. The highest BCUT2D eigenvalue weighted by Gasteiger charge is 1.98. The Morgan fingerprint density at radius 1 is 1.25 bits per heavy atom. The third-order valence-electron chi connectivity index (χ3n) is 1.72. The van der Waals surface area contributed by atoms with Crippen molar-refractivity contribution >= 4 is 46.1 Å². The van der Waals surface area contributed by atoms with Gasteiger partial charge in [-0.1, -0.05) is 18.2 Å². The van der Waals surface area contributed by atoms with Crippen LogP contribution in [0.2, 0.25) is 0 Å². The van der Waals surface area contributed by atoms with E-state index < -0.39 is 5.24 Å². The fourth-order valence-corrected chi connectivity index (χ4v) is 1.16. The summed E-state index contributed by atoms with van der Waals surface area (Å²) >= 11 is 10.5. The molecule has 0 spiro atoms. The first-order chi connectivity index (χ1) is 7.61. The molecule has 0 radical (unpaired) electrons. The number of rotatable bonds is 4. The molecule has 0 aliphatic carbocycles. The van der Waals surface area contributed by atoms with Gasteiger partial charge in [-0.05, 0) is 35.4 Å². The molecule has 0 atom stereocenters. The number of anilines is 1. The first-order valence-corrected chi connectivity index (χ1v) is 5.36. The van der Waals surface area contributed by atoms with E-state index in [0.717, 1.165) is 5.56 Å². The van der Waals surface area contributed by atoms with E-state index in [9.17, 15) is 9.59 Å². The minimum atomic E-state index is -0.528. The van der Waals surface area contributed by atoms with Gasteiger partial charge in [0.15, 0.2) is 0 Å². The Morgan fingerprint density at radius 3 is 2.38 bits per heavy atom. The quantitative estimate of drug-likeness (QED) is 0.512. The van der Waals surface area contributed by atoms with Crippen molar-refractivity contribution in [3.63, 3.8) is 0 Å². The fourth-order valence-electron chi connectivity index (χ4n) is 1.03. The van der Waals surface area contributed by atoms with Gasteiger partial charge < -0.3 is 5.32 Å². The Labute approximate surface area is 103 Å². The molecule has 0 unspecified atom stereocenters. The zero-order chi connectivity index (χ0) is 12.0. The smallest absolute Gasteiger partial charge is 0.245 e. The fraction of sp³-hybridized carbons (Fsp3) is 0.0909. The van der Waals surface area contributed by atoms with Crippen molar-refractivity contribution in [3.05, 3.63) is 35.9 Å². The molecule has 5 heteroatoms. The Balaban J connectivity index is 2.68. The van der Waals surface area contributed by atoms with Gasteiger partial charge in [0.05, 0.1) is 0 Å². The first kappa shape index (κ1) is 12.7. The number of hydrogen-bond acceptors (Lipinski definition) is 2. The molecule has 3 nitrogen and oxygen atoms in total. The highest BCUT2D eigenvalue weighted by atomic mass is 35.5. The average molecular weight is 258 g/mol. The predicted molar refractivity (Wildman–Crippen MR) is 65.7 cm³/mol. The van der Waals surface area contributed by atoms with Crippen LogP contribution in [0.1, 0.15) is 5.56 Å². The maximum absolute atomic E-state index is 11.0. The molecular formula is C11H9Cl2NO2. The lowest BCUT2D eigenvalue weighted by atomic mass is 10.2. The van der Waals surface area contributed by atoms with Crippen LogP contribution in [-0.4, -0.2) is 17.0 Å². The molecule has 1 N–H and O–H groups in total. The summed E-state index contributed by atoms with van der Waals surface area (Å²) in [6, 6.07) is 6.92. The largest absolute Gasteiger partial charge is 0.325 e. The van der Waals surface area contributed by atoms with E-state index in [0.29, 0.717) is 5.69 Å². The summed E-state index contributed by atoms with van der Waals surface area (Å²) in [6.07, 6.45) is 2.84. The van der Waals surface area contributed by atoms with Crippen molar-refractivity contribution < 1.29 is 9.59 Å². The molecule has 84 valence electrons. The third-order valence-corrected chi connectivity index (χ3v) is 2.09. The van der Waals surface area contributed by atoms with Crippen molar-refractivity contribution in [2.24, 2.45) is 0 Å². The third kappa shape index (κ3) is 4.47. The summed E-state index contributed by atoms with van der Waals surface area (Å²) in [7, 11) is 0. The van der Waals surface area contributed by atoms with E-state index in [4.69, 9.17) is 23.2 Å². The molecule has 1 amide bonds. The molecule has 0 fully saturated rings. The number of allylic oxidation sites excluding steroid dienone is 1. The second-order valence-electron chi connectivity index (χ2n) is 2.94. The lowest BCUT2D eigenvalue weighted by Crippen LogP contribution is -2.12. The van der Waals surface area contributed by atoms with E-state index >= 15 is 0 Å². The molecule has 1 rings (SSSR count). The van der Waals surface area contributed by atoms with E-state index in [1.807, 2.05) is 0 Å². The Hall–Kier alpha value is -1.32. The van der Waals surface area contributed by atoms with E-state index in [1.54, 1.807) is 30.3 Å². The summed E-state index contributed by atoms with van der Waals surface area (Å²) in [5.41, 5.74) is 1.47. The van der Waals surface area contributed by atoms with Crippen LogP contribution in [0, 0.1) is 0 Å². The zero-order valence-electron chi connectivity index (χ0n) is 8.24. The molecule has 0 heterocycles. The van der Waals surface area contributed by atoms with Gasteiger partial charge in [-0.15, -0.1) is 11.6 Å². The Kier molecular flexibility index (Phi) is 5.02. The standard InChI is InChI=1S/C11H9Cl2NO2/c12-7-11(16)14-9-4-1-8(2-5-9)3-6-10(13)15/h1-6H,7H2,(H,14,16). The van der Waals surface area contributed by atoms with Crippen LogP contribution < -0.4 is 5.32 Å². The molecule has 0 bridgehead atoms. The lowest BCUT2D eigenvalue weighted by Gasteiger charge is -2.02. The number of carbonyl (C=O) groups is 2. The molecular weight excluding hydrogens is 249 g/mol. The van der Waals surface area contributed by atoms with Crippen LogP contribution in [0.15, 0.2) is 30.3 Å². The highest BCUT2D eigenvalue weighted by molar-refractivity contribution is 6.66. The van der Waals surface area contributed by atoms with Crippen LogP contribution >= 0.6 is 23.2 Å². The van der Waals surface area contributed by atoms with Crippen LogP contribution in [0.3, 0.4) is 0 Å². The highest BCUT2D eigenvalue weighted by Crippen LogP contribution is 2.11. The molecule has 0 saturated heterocycles. The number of halogens is 2. The lowest BCUT2D eigenvalue weighted by molar-refractivity contribution is -0.114. The maximum atomic E-state index is 11.0. The summed E-state index contributed by atoms with van der Waals surface area (Å²) in [4.78, 5) is 21.4. The van der Waals surface area contributed by atoms with Crippen LogP contribution in [0.25, 0.3) is 6.08 Å². The molecule has 1 aromatic carbocycles. The van der Waals surface area contributed by atoms with Crippen molar-refractivity contribution in [1.82, 2.24) is 0 Å². The normalized spacial score (nSPS) is 10.4. The van der Waals surface area contributed by atoms with Crippen LogP contribution in [-0.2, 0) is 9.59 Å². The van der Waals surface area contributed by atoms with Crippen molar-refractivity contribution in [2.75, 3.05) is 11.2 Å². The van der Waals surface area contributed by atoms with Crippen molar-refractivity contribution in [2.45, 2.75) is 0 Å². The summed E-state index contributed by atoms with van der Waals surface area (Å²) in [5.74, 6) is -0.344. The van der Waals surface area contributed by atoms with Gasteiger partial charge in [-0.25, -0.2) is 0 Å². The van der Waals surface area contributed by atoms with E-state index in [-0.39, 0.29) is 11.8 Å². The Bertz CT molecular complexity index is 412. The first-order valence-electron chi connectivity index (χ1n) is 4.45. The predicted octanol–water partition coefficient (Wildman–Crippen LogP) is 2.64. The topological polar surface area (TPSA) is 46.2 Å². The SMILES string of the molecule is O=C(Cl)C=Cc1ccc(NC(=O)CCl)cc1. The summed E-state index contributed by atoms with van der Waals surface area (Å²) in [6.45, 7) is 0. The number of hydrogen-bond donors (Lipinski definition) is 1. The maximum Gasteiger partial charge on any atom is 0.245 e. The van der Waals surface area contributed by atoms with Crippen LogP contribution in [0.5, 0.6) is 0 Å². The Morgan fingerprint density at radius 2 is 1.88 bits per heavy atom. The van der Waals surface area contributed by atoms with Gasteiger partial charge in [0.1, 0.15) is 5.88 Å². The van der Waals surface area contributed by atoms with Gasteiger partial charge in [0.25, 0.3) is 0 Å². The van der Waals surface area contributed by atoms with E-state index in [2.05, 4.69) is 5.32 Å². The molecule has 0 aliphatic heterocycles. The number of alkyl halides is 1. The zero-order valence-corrected chi connectivity index (χ0v) is 9.76. The van der Waals surface area contributed by atoms with Crippen molar-refractivity contribution in [1.29, 1.82) is 0 Å². The second-order valence-corrected chi connectivity index (χ2v) is 3.58. The van der Waals surface area contributed by atoms with Gasteiger partial charge in [0, 0.05) is 5.69 Å². The molecule has 16 heavy (non-hydrogen) atoms. The minimum Gasteiger partial charge on any atom is -0.325 e. The van der Waals surface area contributed by atoms with Crippen molar-refractivity contribution in [3.8, 4) is 0 Å². The van der Waals surface area contributed by atoms with Gasteiger partial charge in [-0.2, -0.15) is 0 Å². The van der Waals surface area contributed by atoms with Gasteiger partial charge in [-0.3, -0.25) is 9.59 Å². The monoisotopic (exact) mass is 257 g/mol. The molecule has 1 aromatic rings. The number of carbonyl (C=O) groups excluding carboxylic acids is 2. The summed E-state index contributed by atoms with van der Waals surface area (Å²) < 4.78 is 0. The summed E-state index contributed by atoms with van der Waals surface area (Å²) in [5, 5.41) is 2.07. The number of nitrogens with one attached hydrogen (secondary N) is 1. The molecule has 0 aromatic heterocycles. The van der Waals surface area contributed by atoms with Crippen LogP contribution in [0.4, 0.5) is 5.69 Å². The van der Waals surface area contributed by atoms with Gasteiger partial charge in [0.2, 0.25) is 11.1 Å².